The molecule has 0 rings (SSSR count). The van der Waals surface area contributed by atoms with Crippen molar-refractivity contribution in [3.8, 4) is 0 Å². The Bertz CT molecular complexity index is 189. The lowest BCUT2D eigenvalue weighted by molar-refractivity contribution is -0.155. The van der Waals surface area contributed by atoms with E-state index in [1.54, 1.807) is 0 Å². The summed E-state index contributed by atoms with van der Waals surface area (Å²) in [6.45, 7) is 6.06. The van der Waals surface area contributed by atoms with Crippen molar-refractivity contribution in [2.45, 2.75) is 13.3 Å². The Labute approximate surface area is 71.5 Å². The molecule has 0 aromatic heterocycles. The molecule has 0 bridgehead atoms. The average molecular weight is 171 g/mol. The predicted octanol–water partition coefficient (Wildman–Crippen LogP) is 0.496. The van der Waals surface area contributed by atoms with Gasteiger partial charge in [-0.15, -0.1) is 6.58 Å². The minimum atomic E-state index is -1.41. The number of carboxylic acid groups (broad SMARTS) is 1. The third-order valence-electron chi connectivity index (χ3n) is 1.31. The number of carbonyl (C=O) groups is 2. The highest BCUT2D eigenvalue weighted by atomic mass is 16.4. The molecule has 0 saturated heterocycles. The Morgan fingerprint density at radius 2 is 2.17 bits per heavy atom. The molecular formula is C8H13NO3. The Morgan fingerprint density at radius 1 is 1.58 bits per heavy atom. The van der Waals surface area contributed by atoms with Gasteiger partial charge in [0.05, 0.1) is 0 Å². The zero-order valence-corrected chi connectivity index (χ0v) is 7.12. The van der Waals surface area contributed by atoms with E-state index in [4.69, 9.17) is 5.11 Å². The lowest BCUT2D eigenvalue weighted by atomic mass is 10.4. The van der Waals surface area contributed by atoms with Crippen LogP contribution in [0.15, 0.2) is 12.7 Å². The fraction of sp³-hybridized carbons (Fsp3) is 0.500. The van der Waals surface area contributed by atoms with Crippen LogP contribution in [0, 0.1) is 0 Å². The smallest absolute Gasteiger partial charge is 0.394 e. The number of amides is 1. The molecule has 0 unspecified atom stereocenters. The highest BCUT2D eigenvalue weighted by molar-refractivity contribution is 6.31. The SMILES string of the molecule is C=CCN(CCC)C(=O)C(=O)O. The van der Waals surface area contributed by atoms with E-state index in [1.807, 2.05) is 6.92 Å². The van der Waals surface area contributed by atoms with E-state index in [1.165, 1.54) is 11.0 Å². The number of aliphatic carboxylic acids is 1. The van der Waals surface area contributed by atoms with Gasteiger partial charge in [-0.05, 0) is 6.42 Å². The molecule has 0 aromatic carbocycles. The number of hydrogen-bond acceptors (Lipinski definition) is 2. The van der Waals surface area contributed by atoms with Crippen LogP contribution in [0.3, 0.4) is 0 Å². The second kappa shape index (κ2) is 5.35. The van der Waals surface area contributed by atoms with Gasteiger partial charge in [0.1, 0.15) is 0 Å². The second-order valence-electron chi connectivity index (χ2n) is 2.34. The minimum Gasteiger partial charge on any atom is -0.474 e. The first kappa shape index (κ1) is 10.7. The summed E-state index contributed by atoms with van der Waals surface area (Å²) in [6.07, 6.45) is 2.25. The van der Waals surface area contributed by atoms with Crippen molar-refractivity contribution in [2.24, 2.45) is 0 Å². The lowest BCUT2D eigenvalue weighted by Gasteiger charge is -2.17. The summed E-state index contributed by atoms with van der Waals surface area (Å²) in [4.78, 5) is 22.4. The molecular weight excluding hydrogens is 158 g/mol. The maximum atomic E-state index is 10.9. The van der Waals surface area contributed by atoms with Crippen molar-refractivity contribution in [1.29, 1.82) is 0 Å². The van der Waals surface area contributed by atoms with Crippen molar-refractivity contribution in [2.75, 3.05) is 13.1 Å². The first-order valence-corrected chi connectivity index (χ1v) is 3.76. The summed E-state index contributed by atoms with van der Waals surface area (Å²) < 4.78 is 0. The van der Waals surface area contributed by atoms with Crippen molar-refractivity contribution in [3.05, 3.63) is 12.7 Å². The molecule has 0 aliphatic heterocycles. The van der Waals surface area contributed by atoms with Gasteiger partial charge in [0.15, 0.2) is 0 Å². The van der Waals surface area contributed by atoms with Gasteiger partial charge in [-0.2, -0.15) is 0 Å². The summed E-state index contributed by atoms with van der Waals surface area (Å²) in [7, 11) is 0. The molecule has 0 aliphatic rings. The molecule has 4 nitrogen and oxygen atoms in total. The topological polar surface area (TPSA) is 57.6 Å². The molecule has 0 saturated carbocycles. The molecule has 0 spiro atoms. The fourth-order valence-electron chi connectivity index (χ4n) is 0.837. The second-order valence-corrected chi connectivity index (χ2v) is 2.34. The predicted molar refractivity (Wildman–Crippen MR) is 44.7 cm³/mol. The van der Waals surface area contributed by atoms with Gasteiger partial charge in [0.25, 0.3) is 0 Å². The monoisotopic (exact) mass is 171 g/mol. The molecule has 0 fully saturated rings. The summed E-state index contributed by atoms with van der Waals surface area (Å²) in [5.41, 5.74) is 0. The van der Waals surface area contributed by atoms with Crippen LogP contribution in [-0.2, 0) is 9.59 Å². The van der Waals surface area contributed by atoms with Crippen LogP contribution in [0.5, 0.6) is 0 Å². The molecule has 0 heterocycles. The summed E-state index contributed by atoms with van der Waals surface area (Å²) >= 11 is 0. The third-order valence-corrected chi connectivity index (χ3v) is 1.31. The first-order chi connectivity index (χ1) is 5.63. The Hall–Kier alpha value is -1.32. The molecule has 0 atom stereocenters. The van der Waals surface area contributed by atoms with Crippen molar-refractivity contribution < 1.29 is 14.7 Å². The average Bonchev–Trinajstić information content (AvgIpc) is 2.03. The quantitative estimate of drug-likeness (QED) is 0.495. The van der Waals surface area contributed by atoms with Crippen LogP contribution < -0.4 is 0 Å². The summed E-state index contributed by atoms with van der Waals surface area (Å²) in [5, 5.41) is 8.38. The van der Waals surface area contributed by atoms with E-state index in [2.05, 4.69) is 6.58 Å². The van der Waals surface area contributed by atoms with E-state index in [0.717, 1.165) is 6.42 Å². The maximum absolute atomic E-state index is 10.9. The lowest BCUT2D eigenvalue weighted by Crippen LogP contribution is -2.37. The molecule has 0 radical (unpaired) electrons. The van der Waals surface area contributed by atoms with Crippen LogP contribution >= 0.6 is 0 Å². The van der Waals surface area contributed by atoms with Gasteiger partial charge in [-0.25, -0.2) is 4.79 Å². The van der Waals surface area contributed by atoms with Crippen molar-refractivity contribution in [3.63, 3.8) is 0 Å². The first-order valence-electron chi connectivity index (χ1n) is 3.76. The van der Waals surface area contributed by atoms with E-state index >= 15 is 0 Å². The highest BCUT2D eigenvalue weighted by Crippen LogP contribution is 1.93. The summed E-state index contributed by atoms with van der Waals surface area (Å²) in [6, 6.07) is 0. The van der Waals surface area contributed by atoms with Crippen LogP contribution in [0.1, 0.15) is 13.3 Å². The van der Waals surface area contributed by atoms with E-state index < -0.39 is 11.9 Å². The fourth-order valence-corrected chi connectivity index (χ4v) is 0.837. The van der Waals surface area contributed by atoms with Gasteiger partial charge in [0, 0.05) is 13.1 Å². The van der Waals surface area contributed by atoms with Crippen LogP contribution in [0.2, 0.25) is 0 Å². The number of carboxylic acids is 1. The van der Waals surface area contributed by atoms with Gasteiger partial charge in [0.2, 0.25) is 0 Å². The van der Waals surface area contributed by atoms with E-state index in [9.17, 15) is 9.59 Å². The number of hydrogen-bond donors (Lipinski definition) is 1. The highest BCUT2D eigenvalue weighted by Gasteiger charge is 2.18. The maximum Gasteiger partial charge on any atom is 0.394 e. The Balaban J connectivity index is 4.17. The summed E-state index contributed by atoms with van der Waals surface area (Å²) in [5.74, 6) is -2.28. The molecule has 0 aromatic rings. The van der Waals surface area contributed by atoms with Gasteiger partial charge < -0.3 is 10.0 Å². The molecule has 4 heteroatoms. The largest absolute Gasteiger partial charge is 0.474 e. The Morgan fingerprint density at radius 3 is 2.50 bits per heavy atom. The van der Waals surface area contributed by atoms with Gasteiger partial charge in [-0.3, -0.25) is 4.79 Å². The van der Waals surface area contributed by atoms with Crippen LogP contribution in [0.4, 0.5) is 0 Å². The van der Waals surface area contributed by atoms with E-state index in [0.29, 0.717) is 13.1 Å². The molecule has 0 aliphatic carbocycles. The van der Waals surface area contributed by atoms with E-state index in [-0.39, 0.29) is 0 Å². The van der Waals surface area contributed by atoms with Gasteiger partial charge >= 0.3 is 11.9 Å². The van der Waals surface area contributed by atoms with Crippen molar-refractivity contribution >= 4 is 11.9 Å². The molecule has 1 amide bonds. The van der Waals surface area contributed by atoms with Crippen molar-refractivity contribution in [1.82, 2.24) is 4.90 Å². The molecule has 12 heavy (non-hydrogen) atoms. The van der Waals surface area contributed by atoms with Crippen LogP contribution in [0.25, 0.3) is 0 Å². The normalized spacial score (nSPS) is 9.08. The van der Waals surface area contributed by atoms with Gasteiger partial charge in [-0.1, -0.05) is 13.0 Å². The Kier molecular flexibility index (Phi) is 4.76. The standard InChI is InChI=1S/C8H13NO3/c1-3-5-9(6-4-2)7(10)8(11)12/h3H,1,4-6H2,2H3,(H,11,12). The number of carbonyl (C=O) groups excluding carboxylic acids is 1. The third kappa shape index (κ3) is 3.18. The van der Waals surface area contributed by atoms with Crippen LogP contribution in [-0.4, -0.2) is 35.0 Å². The number of nitrogens with zero attached hydrogens (tertiary/aromatic N) is 1. The zero-order valence-electron chi connectivity index (χ0n) is 7.12. The zero-order chi connectivity index (χ0) is 9.56. The molecule has 68 valence electrons. The number of rotatable bonds is 4. The molecule has 1 N–H and O–H groups in total. The minimum absolute atomic E-state index is 0.291.